The number of alkyl halides is 3. The topological polar surface area (TPSA) is 12.0 Å². The monoisotopic (exact) mass is 271 g/mol. The molecule has 0 saturated carbocycles. The van der Waals surface area contributed by atoms with Crippen LogP contribution in [0.2, 0.25) is 0 Å². The molecular weight excluding hydrogens is 247 g/mol. The Hall–Kier alpha value is 0.100. The van der Waals surface area contributed by atoms with Gasteiger partial charge in [-0.05, 0) is 30.6 Å². The van der Waals surface area contributed by atoms with Crippen LogP contribution in [0.4, 0.5) is 13.2 Å². The van der Waals surface area contributed by atoms with Gasteiger partial charge in [-0.3, -0.25) is 0 Å². The number of thioether (sulfide) groups is 1. The number of nitrogens with one attached hydrogen (secondary N) is 1. The van der Waals surface area contributed by atoms with Crippen molar-refractivity contribution in [2.75, 3.05) is 18.8 Å². The molecule has 0 aliphatic carbocycles. The zero-order valence-corrected chi connectivity index (χ0v) is 11.6. The highest BCUT2D eigenvalue weighted by Crippen LogP contribution is 2.29. The lowest BCUT2D eigenvalue weighted by atomic mass is 10.0. The molecule has 104 valence electrons. The minimum atomic E-state index is -4.08. The summed E-state index contributed by atoms with van der Waals surface area (Å²) in [6.45, 7) is 5.72. The summed E-state index contributed by atoms with van der Waals surface area (Å²) in [7, 11) is 0. The van der Waals surface area contributed by atoms with Gasteiger partial charge in [-0.1, -0.05) is 39.5 Å². The first-order chi connectivity index (χ1) is 7.92. The lowest BCUT2D eigenvalue weighted by Crippen LogP contribution is -2.19. The van der Waals surface area contributed by atoms with Gasteiger partial charge in [0.15, 0.2) is 0 Å². The Morgan fingerprint density at radius 2 is 1.65 bits per heavy atom. The van der Waals surface area contributed by atoms with Crippen LogP contribution in [0.1, 0.15) is 46.0 Å². The second kappa shape index (κ2) is 10.1. The van der Waals surface area contributed by atoms with Gasteiger partial charge in [0.2, 0.25) is 0 Å². The molecule has 0 spiro atoms. The summed E-state index contributed by atoms with van der Waals surface area (Å²) in [6, 6.07) is 0. The van der Waals surface area contributed by atoms with Crippen molar-refractivity contribution in [2.24, 2.45) is 5.92 Å². The summed E-state index contributed by atoms with van der Waals surface area (Å²) in [6.07, 6.45) is 6.01. The van der Waals surface area contributed by atoms with Crippen molar-refractivity contribution < 1.29 is 13.2 Å². The van der Waals surface area contributed by atoms with E-state index in [0.717, 1.165) is 18.9 Å². The van der Waals surface area contributed by atoms with Crippen LogP contribution in [0.15, 0.2) is 0 Å². The molecule has 0 aliphatic rings. The van der Waals surface area contributed by atoms with Crippen LogP contribution in [0.3, 0.4) is 0 Å². The second-order valence-electron chi connectivity index (χ2n) is 4.64. The van der Waals surface area contributed by atoms with Crippen molar-refractivity contribution in [3.8, 4) is 0 Å². The maximum atomic E-state index is 11.8. The molecule has 0 saturated heterocycles. The normalized spacial score (nSPS) is 12.4. The second-order valence-corrected chi connectivity index (χ2v) is 5.80. The first kappa shape index (κ1) is 17.1. The van der Waals surface area contributed by atoms with Crippen molar-refractivity contribution in [2.45, 2.75) is 51.5 Å². The van der Waals surface area contributed by atoms with Gasteiger partial charge in [0.05, 0.1) is 0 Å². The van der Waals surface area contributed by atoms with E-state index in [1.807, 2.05) is 0 Å². The van der Waals surface area contributed by atoms with Gasteiger partial charge in [-0.2, -0.15) is 13.2 Å². The molecule has 0 heterocycles. The molecule has 0 fully saturated rings. The Kier molecular flexibility index (Phi) is 10.1. The fourth-order valence-corrected chi connectivity index (χ4v) is 2.00. The summed E-state index contributed by atoms with van der Waals surface area (Å²) in [5.74, 6) is 0.879. The van der Waals surface area contributed by atoms with Crippen LogP contribution in [0, 0.1) is 5.92 Å². The maximum absolute atomic E-state index is 11.8. The third-order valence-corrected chi connectivity index (χ3v) is 3.17. The Morgan fingerprint density at radius 3 is 2.24 bits per heavy atom. The molecule has 0 aliphatic heterocycles. The number of rotatable bonds is 10. The zero-order valence-electron chi connectivity index (χ0n) is 10.8. The van der Waals surface area contributed by atoms with E-state index in [-0.39, 0.29) is 17.5 Å². The summed E-state index contributed by atoms with van der Waals surface area (Å²) < 4.78 is 35.3. The zero-order chi connectivity index (χ0) is 13.1. The highest BCUT2D eigenvalue weighted by atomic mass is 32.2. The van der Waals surface area contributed by atoms with E-state index in [2.05, 4.69) is 19.2 Å². The first-order valence-corrected chi connectivity index (χ1v) is 7.32. The SMILES string of the molecule is CC(C)CCCCCCNCCSC(F)(F)F. The average Bonchev–Trinajstić information content (AvgIpc) is 2.18. The fourth-order valence-electron chi connectivity index (χ4n) is 1.52. The van der Waals surface area contributed by atoms with Crippen molar-refractivity contribution >= 4 is 11.8 Å². The molecule has 0 unspecified atom stereocenters. The van der Waals surface area contributed by atoms with E-state index < -0.39 is 5.51 Å². The molecular formula is C12H24F3NS. The summed E-state index contributed by atoms with van der Waals surface area (Å²) in [5.41, 5.74) is -4.08. The highest BCUT2D eigenvalue weighted by Gasteiger charge is 2.27. The Morgan fingerprint density at radius 1 is 1.00 bits per heavy atom. The molecule has 0 aromatic carbocycles. The summed E-state index contributed by atoms with van der Waals surface area (Å²) >= 11 is 0.0462. The molecule has 5 heteroatoms. The molecule has 1 N–H and O–H groups in total. The molecule has 0 rings (SSSR count). The Labute approximate surface area is 107 Å². The Balaban J connectivity index is 3.04. The molecule has 0 bridgehead atoms. The van der Waals surface area contributed by atoms with Crippen LogP contribution < -0.4 is 5.32 Å². The predicted octanol–water partition coefficient (Wildman–Crippen LogP) is 4.44. The highest BCUT2D eigenvalue weighted by molar-refractivity contribution is 8.00. The van der Waals surface area contributed by atoms with E-state index in [1.165, 1.54) is 25.7 Å². The lowest BCUT2D eigenvalue weighted by Gasteiger charge is -2.07. The number of unbranched alkanes of at least 4 members (excludes halogenated alkanes) is 3. The first-order valence-electron chi connectivity index (χ1n) is 6.33. The van der Waals surface area contributed by atoms with Gasteiger partial charge in [0.1, 0.15) is 0 Å². The molecule has 0 amide bonds. The third kappa shape index (κ3) is 16.1. The minimum absolute atomic E-state index is 0.0462. The number of halogens is 3. The molecule has 0 aromatic heterocycles. The van der Waals surface area contributed by atoms with Crippen LogP contribution in [-0.4, -0.2) is 24.4 Å². The number of hydrogen-bond donors (Lipinski definition) is 1. The van der Waals surface area contributed by atoms with Crippen LogP contribution in [-0.2, 0) is 0 Å². The molecule has 17 heavy (non-hydrogen) atoms. The summed E-state index contributed by atoms with van der Waals surface area (Å²) in [4.78, 5) is 0. The maximum Gasteiger partial charge on any atom is 0.441 e. The largest absolute Gasteiger partial charge is 0.441 e. The predicted molar refractivity (Wildman–Crippen MR) is 69.3 cm³/mol. The van der Waals surface area contributed by atoms with E-state index in [0.29, 0.717) is 6.54 Å². The quantitative estimate of drug-likeness (QED) is 0.590. The van der Waals surface area contributed by atoms with E-state index in [9.17, 15) is 13.2 Å². The Bertz CT molecular complexity index is 172. The van der Waals surface area contributed by atoms with Gasteiger partial charge >= 0.3 is 5.51 Å². The standard InChI is InChI=1S/C12H24F3NS/c1-11(2)7-5-3-4-6-8-16-9-10-17-12(13,14)15/h11,16H,3-10H2,1-2H3. The van der Waals surface area contributed by atoms with Gasteiger partial charge in [-0.25, -0.2) is 0 Å². The van der Waals surface area contributed by atoms with Crippen molar-refractivity contribution in [3.63, 3.8) is 0 Å². The van der Waals surface area contributed by atoms with Crippen molar-refractivity contribution in [1.82, 2.24) is 5.32 Å². The molecule has 0 radical (unpaired) electrons. The number of hydrogen-bond acceptors (Lipinski definition) is 2. The third-order valence-electron chi connectivity index (χ3n) is 2.43. The van der Waals surface area contributed by atoms with E-state index >= 15 is 0 Å². The van der Waals surface area contributed by atoms with E-state index in [1.54, 1.807) is 0 Å². The van der Waals surface area contributed by atoms with Crippen LogP contribution in [0.25, 0.3) is 0 Å². The minimum Gasteiger partial charge on any atom is -0.316 e. The van der Waals surface area contributed by atoms with Gasteiger partial charge in [0, 0.05) is 12.3 Å². The summed E-state index contributed by atoms with van der Waals surface area (Å²) in [5, 5.41) is 3.04. The van der Waals surface area contributed by atoms with Crippen molar-refractivity contribution in [1.29, 1.82) is 0 Å². The molecule has 0 atom stereocenters. The lowest BCUT2D eigenvalue weighted by molar-refractivity contribution is -0.0327. The van der Waals surface area contributed by atoms with Crippen LogP contribution in [0.5, 0.6) is 0 Å². The van der Waals surface area contributed by atoms with Gasteiger partial charge in [0.25, 0.3) is 0 Å². The molecule has 0 aromatic rings. The fraction of sp³-hybridized carbons (Fsp3) is 1.00. The average molecular weight is 271 g/mol. The van der Waals surface area contributed by atoms with Crippen molar-refractivity contribution in [3.05, 3.63) is 0 Å². The van der Waals surface area contributed by atoms with Crippen LogP contribution >= 0.6 is 11.8 Å². The smallest absolute Gasteiger partial charge is 0.316 e. The molecule has 1 nitrogen and oxygen atoms in total. The van der Waals surface area contributed by atoms with Gasteiger partial charge < -0.3 is 5.32 Å². The van der Waals surface area contributed by atoms with Gasteiger partial charge in [-0.15, -0.1) is 0 Å². The van der Waals surface area contributed by atoms with E-state index in [4.69, 9.17) is 0 Å².